The van der Waals surface area contributed by atoms with Gasteiger partial charge in [0.1, 0.15) is 28.1 Å². The summed E-state index contributed by atoms with van der Waals surface area (Å²) >= 11 is 0. The van der Waals surface area contributed by atoms with Crippen molar-refractivity contribution in [2.45, 2.75) is 31.5 Å². The molecule has 1 aliphatic heterocycles. The number of hydrogen-bond acceptors (Lipinski definition) is 4. The fraction of sp³-hybridized carbons (Fsp3) is 0.348. The zero-order valence-electron chi connectivity index (χ0n) is 17.5. The maximum absolute atomic E-state index is 13.4. The molecule has 1 fully saturated rings. The minimum absolute atomic E-state index is 0.225. The number of rotatable bonds is 3. The zero-order chi connectivity index (χ0) is 21.9. The molecule has 2 aliphatic rings. The summed E-state index contributed by atoms with van der Waals surface area (Å²) in [7, 11) is 0.313. The van der Waals surface area contributed by atoms with E-state index < -0.39 is 11.0 Å². The van der Waals surface area contributed by atoms with Crippen LogP contribution >= 0.6 is 0 Å². The molecular formula is C23H23FN2O4S. The Hall–Kier alpha value is -2.71. The lowest BCUT2D eigenvalue weighted by molar-refractivity contribution is -0.0114. The molecule has 1 saturated carbocycles. The molecule has 5 rings (SSSR count). The van der Waals surface area contributed by atoms with Crippen LogP contribution in [-0.2, 0) is 15.7 Å². The number of furan rings is 1. The fourth-order valence-electron chi connectivity index (χ4n) is 4.31. The molecule has 1 spiro atoms. The average Bonchev–Trinajstić information content (AvgIpc) is 3.42. The molecule has 162 valence electrons. The fourth-order valence-corrected chi connectivity index (χ4v) is 5.17. The summed E-state index contributed by atoms with van der Waals surface area (Å²) in [5.74, 6) is -0.296. The molecule has 0 bridgehead atoms. The topological polar surface area (TPSA) is 71.8 Å². The number of nitrogens with zero attached hydrogens (tertiary/aromatic N) is 1. The van der Waals surface area contributed by atoms with Gasteiger partial charge in [0.15, 0.2) is 0 Å². The molecule has 1 unspecified atom stereocenters. The largest absolute Gasteiger partial charge is 0.455 e. The molecule has 0 radical (unpaired) electrons. The Labute approximate surface area is 181 Å². The van der Waals surface area contributed by atoms with Gasteiger partial charge in [-0.05, 0) is 50.1 Å². The van der Waals surface area contributed by atoms with Crippen LogP contribution in [0.4, 0.5) is 10.1 Å². The number of halogens is 1. The van der Waals surface area contributed by atoms with Crippen molar-refractivity contribution in [2.24, 2.45) is 0 Å². The zero-order valence-corrected chi connectivity index (χ0v) is 18.3. The smallest absolute Gasteiger partial charge is 0.255 e. The summed E-state index contributed by atoms with van der Waals surface area (Å²) in [5.41, 5.74) is 2.87. The summed E-state index contributed by atoms with van der Waals surface area (Å²) in [4.78, 5) is 12.8. The van der Waals surface area contributed by atoms with Gasteiger partial charge >= 0.3 is 0 Å². The summed E-state index contributed by atoms with van der Waals surface area (Å²) < 4.78 is 40.4. The number of nitrogens with one attached hydrogen (secondary N) is 1. The second-order valence-electron chi connectivity index (χ2n) is 8.20. The first-order chi connectivity index (χ1) is 14.8. The molecule has 2 heterocycles. The van der Waals surface area contributed by atoms with Gasteiger partial charge in [0, 0.05) is 35.9 Å². The van der Waals surface area contributed by atoms with E-state index in [2.05, 4.69) is 5.32 Å². The van der Waals surface area contributed by atoms with Crippen molar-refractivity contribution in [3.63, 3.8) is 0 Å². The lowest BCUT2D eigenvalue weighted by atomic mass is 10.0. The Balaban J connectivity index is 1.75. The molecule has 1 N–H and O–H groups in total. The summed E-state index contributed by atoms with van der Waals surface area (Å²) in [6, 6.07) is 9.57. The summed E-state index contributed by atoms with van der Waals surface area (Å²) in [6.07, 6.45) is 3.31. The molecule has 0 saturated heterocycles. The molecule has 2 aromatic carbocycles. The highest BCUT2D eigenvalue weighted by atomic mass is 32.2. The van der Waals surface area contributed by atoms with Crippen molar-refractivity contribution in [2.75, 3.05) is 24.2 Å². The highest BCUT2D eigenvalue weighted by Crippen LogP contribution is 2.50. The summed E-state index contributed by atoms with van der Waals surface area (Å²) in [6.45, 7) is 2.53. The third-order valence-electron chi connectivity index (χ3n) is 6.08. The average molecular weight is 443 g/mol. The van der Waals surface area contributed by atoms with E-state index in [1.807, 2.05) is 23.4 Å². The van der Waals surface area contributed by atoms with E-state index in [4.69, 9.17) is 9.15 Å². The minimum Gasteiger partial charge on any atom is -0.455 e. The first kappa shape index (κ1) is 20.2. The third kappa shape index (κ3) is 3.34. The second kappa shape index (κ2) is 7.17. The van der Waals surface area contributed by atoms with E-state index >= 15 is 0 Å². The van der Waals surface area contributed by atoms with Gasteiger partial charge < -0.3 is 14.5 Å². The number of benzene rings is 2. The van der Waals surface area contributed by atoms with E-state index in [1.54, 1.807) is 25.4 Å². The van der Waals surface area contributed by atoms with Crippen LogP contribution in [0, 0.1) is 5.82 Å². The van der Waals surface area contributed by atoms with Crippen molar-refractivity contribution in [3.8, 4) is 11.3 Å². The first-order valence-electron chi connectivity index (χ1n) is 10.2. The van der Waals surface area contributed by atoms with Crippen LogP contribution in [0.25, 0.3) is 22.3 Å². The number of hydrogen-bond donors (Lipinski definition) is 1. The molecule has 3 aromatic rings. The van der Waals surface area contributed by atoms with Crippen LogP contribution in [0.1, 0.15) is 41.8 Å². The van der Waals surface area contributed by atoms with Crippen LogP contribution < -0.4 is 9.62 Å². The van der Waals surface area contributed by atoms with Crippen LogP contribution in [0.3, 0.4) is 0 Å². The standard InChI is InChI=1S/C23H23FN2O4S/c1-13-16-10-17-19(11-18(16)26(31(3)28)12-23(30-13)8-9-23)29-21(20(17)22(27)25-2)14-4-6-15(24)7-5-14/h4-7,10-11,13H,8-9,12H2,1-3H3,(H,25,27)/t13-,31?/m1/s1. The highest BCUT2D eigenvalue weighted by molar-refractivity contribution is 7.85. The van der Waals surface area contributed by atoms with Crippen molar-refractivity contribution in [1.29, 1.82) is 0 Å². The van der Waals surface area contributed by atoms with Crippen molar-refractivity contribution < 1.29 is 22.5 Å². The monoisotopic (exact) mass is 442 g/mol. The first-order valence-corrected chi connectivity index (χ1v) is 11.7. The predicted octanol–water partition coefficient (Wildman–Crippen LogP) is 4.32. The lowest BCUT2D eigenvalue weighted by Gasteiger charge is -2.24. The molecule has 2 atom stereocenters. The van der Waals surface area contributed by atoms with E-state index in [9.17, 15) is 13.4 Å². The molecule has 8 heteroatoms. The number of ether oxygens (including phenoxy) is 1. The second-order valence-corrected chi connectivity index (χ2v) is 9.49. The molecule has 6 nitrogen and oxygen atoms in total. The molecular weight excluding hydrogens is 419 g/mol. The van der Waals surface area contributed by atoms with Gasteiger partial charge in [0.05, 0.1) is 29.5 Å². The Morgan fingerprint density at radius 3 is 2.58 bits per heavy atom. The van der Waals surface area contributed by atoms with Gasteiger partial charge in [-0.15, -0.1) is 0 Å². The summed E-state index contributed by atoms with van der Waals surface area (Å²) in [5, 5.41) is 3.31. The SMILES string of the molecule is CNC(=O)c1c(-c2ccc(F)cc2)oc2cc3c(cc12)[C@@H](C)OC1(CC1)CN3S(C)=O. The van der Waals surface area contributed by atoms with Gasteiger partial charge in [-0.2, -0.15) is 0 Å². The van der Waals surface area contributed by atoms with E-state index in [0.717, 1.165) is 24.1 Å². The minimum atomic E-state index is -1.25. The quantitative estimate of drug-likeness (QED) is 0.656. The van der Waals surface area contributed by atoms with Crippen LogP contribution in [0.5, 0.6) is 0 Å². The molecule has 1 aromatic heterocycles. The van der Waals surface area contributed by atoms with Crippen LogP contribution in [0.2, 0.25) is 0 Å². The Kier molecular flexibility index (Phi) is 4.67. The van der Waals surface area contributed by atoms with Gasteiger partial charge in [0.2, 0.25) is 0 Å². The highest BCUT2D eigenvalue weighted by Gasteiger charge is 2.49. The number of carbonyl (C=O) groups is 1. The van der Waals surface area contributed by atoms with Crippen molar-refractivity contribution >= 4 is 33.5 Å². The van der Waals surface area contributed by atoms with Gasteiger partial charge in [-0.1, -0.05) is 0 Å². The lowest BCUT2D eigenvalue weighted by Crippen LogP contribution is -2.34. The number of fused-ring (bicyclic) bond motifs is 2. The van der Waals surface area contributed by atoms with Crippen molar-refractivity contribution in [3.05, 3.63) is 53.3 Å². The van der Waals surface area contributed by atoms with Crippen LogP contribution in [0.15, 0.2) is 40.8 Å². The van der Waals surface area contributed by atoms with Crippen LogP contribution in [-0.4, -0.2) is 35.6 Å². The maximum atomic E-state index is 13.4. The third-order valence-corrected chi connectivity index (χ3v) is 7.03. The molecule has 1 aliphatic carbocycles. The molecule has 31 heavy (non-hydrogen) atoms. The predicted molar refractivity (Wildman–Crippen MR) is 118 cm³/mol. The molecule has 1 amide bonds. The van der Waals surface area contributed by atoms with E-state index in [1.165, 1.54) is 12.1 Å². The number of carbonyl (C=O) groups excluding carboxylic acids is 1. The van der Waals surface area contributed by atoms with Gasteiger partial charge in [-0.3, -0.25) is 9.10 Å². The van der Waals surface area contributed by atoms with Gasteiger partial charge in [-0.25, -0.2) is 8.60 Å². The van der Waals surface area contributed by atoms with Crippen molar-refractivity contribution in [1.82, 2.24) is 5.32 Å². The Morgan fingerprint density at radius 2 is 1.97 bits per heavy atom. The van der Waals surface area contributed by atoms with E-state index in [-0.39, 0.29) is 23.4 Å². The maximum Gasteiger partial charge on any atom is 0.255 e. The number of anilines is 1. The number of amides is 1. The van der Waals surface area contributed by atoms with Gasteiger partial charge in [0.25, 0.3) is 5.91 Å². The normalized spacial score (nSPS) is 20.4. The Morgan fingerprint density at radius 1 is 1.26 bits per heavy atom. The van der Waals surface area contributed by atoms with E-state index in [0.29, 0.717) is 34.4 Å². The Bertz CT molecular complexity index is 1220.